The van der Waals surface area contributed by atoms with Crippen molar-refractivity contribution in [2.75, 3.05) is 10.6 Å². The van der Waals surface area contributed by atoms with E-state index in [2.05, 4.69) is 45.1 Å². The maximum atomic E-state index is 12.3. The van der Waals surface area contributed by atoms with Gasteiger partial charge < -0.3 is 10.6 Å². The summed E-state index contributed by atoms with van der Waals surface area (Å²) in [4.78, 5) is 23.5. The molecule has 6 heteroatoms. The Bertz CT molecular complexity index is 933. The van der Waals surface area contributed by atoms with E-state index in [1.807, 2.05) is 6.92 Å². The van der Waals surface area contributed by atoms with Crippen molar-refractivity contribution in [2.24, 2.45) is 0 Å². The summed E-state index contributed by atoms with van der Waals surface area (Å²) in [6, 6.07) is 18.2. The molecule has 1 heterocycles. The van der Waals surface area contributed by atoms with Crippen molar-refractivity contribution in [2.45, 2.75) is 20.4 Å². The van der Waals surface area contributed by atoms with Gasteiger partial charge in [0, 0.05) is 17.8 Å². The van der Waals surface area contributed by atoms with Crippen LogP contribution in [-0.4, -0.2) is 21.9 Å². The summed E-state index contributed by atoms with van der Waals surface area (Å²) >= 11 is 0. The van der Waals surface area contributed by atoms with E-state index in [1.54, 1.807) is 36.4 Å². The highest BCUT2D eigenvalue weighted by molar-refractivity contribution is 6.03. The lowest BCUT2D eigenvalue weighted by Gasteiger charge is -2.07. The third-order valence-electron chi connectivity index (χ3n) is 4.04. The lowest BCUT2D eigenvalue weighted by atomic mass is 10.1. The second-order valence-corrected chi connectivity index (χ2v) is 6.23. The highest BCUT2D eigenvalue weighted by atomic mass is 16.2. The number of anilines is 2. The topological polar surface area (TPSA) is 84.0 Å². The SMILES string of the molecule is CC(=O)c1ccc(NC(=O)c2ccc(NCc3ccc(C)cc3)nn2)cc1. The van der Waals surface area contributed by atoms with E-state index in [9.17, 15) is 9.59 Å². The summed E-state index contributed by atoms with van der Waals surface area (Å²) in [5.74, 6) is 0.216. The zero-order valence-electron chi connectivity index (χ0n) is 15.2. The van der Waals surface area contributed by atoms with Gasteiger partial charge in [-0.1, -0.05) is 29.8 Å². The molecule has 6 nitrogen and oxygen atoms in total. The fourth-order valence-electron chi connectivity index (χ4n) is 2.43. The van der Waals surface area contributed by atoms with Crippen LogP contribution in [0.1, 0.15) is 38.9 Å². The summed E-state index contributed by atoms with van der Waals surface area (Å²) < 4.78 is 0. The molecule has 0 spiro atoms. The first kappa shape index (κ1) is 18.3. The van der Waals surface area contributed by atoms with Crippen LogP contribution in [0.25, 0.3) is 0 Å². The molecular weight excluding hydrogens is 340 g/mol. The molecule has 0 fully saturated rings. The Balaban J connectivity index is 1.58. The number of nitrogens with one attached hydrogen (secondary N) is 2. The summed E-state index contributed by atoms with van der Waals surface area (Å²) in [5.41, 5.74) is 3.75. The normalized spacial score (nSPS) is 10.3. The molecule has 1 amide bonds. The van der Waals surface area contributed by atoms with Crippen molar-refractivity contribution >= 4 is 23.2 Å². The van der Waals surface area contributed by atoms with Crippen LogP contribution < -0.4 is 10.6 Å². The lowest BCUT2D eigenvalue weighted by Crippen LogP contribution is -2.15. The molecular formula is C21H20N4O2. The number of hydrogen-bond acceptors (Lipinski definition) is 5. The molecule has 136 valence electrons. The average Bonchev–Trinajstić information content (AvgIpc) is 2.68. The van der Waals surface area contributed by atoms with Gasteiger partial charge in [0.05, 0.1) is 0 Å². The molecule has 2 aromatic carbocycles. The van der Waals surface area contributed by atoms with Gasteiger partial charge in [-0.15, -0.1) is 10.2 Å². The minimum absolute atomic E-state index is 0.0209. The van der Waals surface area contributed by atoms with Crippen molar-refractivity contribution in [3.8, 4) is 0 Å². The molecule has 0 radical (unpaired) electrons. The molecule has 1 aromatic heterocycles. The number of carbonyl (C=O) groups is 2. The largest absolute Gasteiger partial charge is 0.365 e. The van der Waals surface area contributed by atoms with Gasteiger partial charge in [0.15, 0.2) is 11.5 Å². The number of hydrogen-bond donors (Lipinski definition) is 2. The van der Waals surface area contributed by atoms with Crippen LogP contribution >= 0.6 is 0 Å². The first-order valence-electron chi connectivity index (χ1n) is 8.57. The molecule has 0 saturated heterocycles. The molecule has 0 atom stereocenters. The number of Topliss-reactive ketones (excluding diaryl/α,β-unsaturated/α-hetero) is 1. The summed E-state index contributed by atoms with van der Waals surface area (Å²) in [7, 11) is 0. The fraction of sp³-hybridized carbons (Fsp3) is 0.143. The molecule has 0 saturated carbocycles. The quantitative estimate of drug-likeness (QED) is 0.652. The lowest BCUT2D eigenvalue weighted by molar-refractivity contribution is 0.101. The van der Waals surface area contributed by atoms with Gasteiger partial charge in [-0.05, 0) is 55.8 Å². The van der Waals surface area contributed by atoms with E-state index in [1.165, 1.54) is 12.5 Å². The summed E-state index contributed by atoms with van der Waals surface area (Å²) in [6.07, 6.45) is 0. The van der Waals surface area contributed by atoms with Gasteiger partial charge in [0.2, 0.25) is 0 Å². The number of aromatic nitrogens is 2. The van der Waals surface area contributed by atoms with E-state index in [-0.39, 0.29) is 17.4 Å². The first-order valence-corrected chi connectivity index (χ1v) is 8.57. The van der Waals surface area contributed by atoms with Crippen molar-refractivity contribution < 1.29 is 9.59 Å². The number of ketones is 1. The van der Waals surface area contributed by atoms with Crippen LogP contribution in [0.4, 0.5) is 11.5 Å². The minimum Gasteiger partial charge on any atom is -0.365 e. The highest BCUT2D eigenvalue weighted by Gasteiger charge is 2.09. The van der Waals surface area contributed by atoms with Gasteiger partial charge >= 0.3 is 0 Å². The summed E-state index contributed by atoms with van der Waals surface area (Å²) in [6.45, 7) is 4.17. The Morgan fingerprint density at radius 1 is 0.889 bits per heavy atom. The number of rotatable bonds is 6. The second-order valence-electron chi connectivity index (χ2n) is 6.23. The molecule has 27 heavy (non-hydrogen) atoms. The maximum absolute atomic E-state index is 12.3. The van der Waals surface area contributed by atoms with Gasteiger partial charge in [-0.3, -0.25) is 9.59 Å². The number of amides is 1. The minimum atomic E-state index is -0.358. The van der Waals surface area contributed by atoms with Crippen LogP contribution in [-0.2, 0) is 6.54 Å². The second kappa shape index (κ2) is 8.23. The van der Waals surface area contributed by atoms with Crippen LogP contribution in [0.3, 0.4) is 0 Å². The van der Waals surface area contributed by atoms with Crippen LogP contribution in [0, 0.1) is 6.92 Å². The smallest absolute Gasteiger partial charge is 0.276 e. The van der Waals surface area contributed by atoms with Crippen LogP contribution in [0.5, 0.6) is 0 Å². The molecule has 0 bridgehead atoms. The average molecular weight is 360 g/mol. The van der Waals surface area contributed by atoms with E-state index < -0.39 is 0 Å². The van der Waals surface area contributed by atoms with Gasteiger partial charge in [-0.25, -0.2) is 0 Å². The third kappa shape index (κ3) is 4.98. The van der Waals surface area contributed by atoms with Crippen molar-refractivity contribution in [1.82, 2.24) is 10.2 Å². The Kier molecular flexibility index (Phi) is 5.56. The molecule has 3 aromatic rings. The zero-order valence-corrected chi connectivity index (χ0v) is 15.2. The summed E-state index contributed by atoms with van der Waals surface area (Å²) in [5, 5.41) is 13.9. The van der Waals surface area contributed by atoms with Crippen molar-refractivity contribution in [3.63, 3.8) is 0 Å². The van der Waals surface area contributed by atoms with Crippen molar-refractivity contribution in [3.05, 3.63) is 83.0 Å². The molecule has 3 rings (SSSR count). The predicted octanol–water partition coefficient (Wildman–Crippen LogP) is 3.85. The Morgan fingerprint density at radius 3 is 2.19 bits per heavy atom. The fourth-order valence-corrected chi connectivity index (χ4v) is 2.43. The molecule has 0 aliphatic heterocycles. The van der Waals surface area contributed by atoms with E-state index in [0.717, 1.165) is 5.56 Å². The third-order valence-corrected chi connectivity index (χ3v) is 4.04. The Labute approximate surface area is 157 Å². The van der Waals surface area contributed by atoms with E-state index in [4.69, 9.17) is 0 Å². The standard InChI is InChI=1S/C21H20N4O2/c1-14-3-5-16(6-4-14)13-22-20-12-11-19(24-25-20)21(27)23-18-9-7-17(8-10-18)15(2)26/h3-12H,13H2,1-2H3,(H,22,25)(H,23,27). The van der Waals surface area contributed by atoms with Crippen molar-refractivity contribution in [1.29, 1.82) is 0 Å². The highest BCUT2D eigenvalue weighted by Crippen LogP contribution is 2.12. The Hall–Kier alpha value is -3.54. The van der Waals surface area contributed by atoms with Crippen LogP contribution in [0.2, 0.25) is 0 Å². The molecule has 0 aliphatic carbocycles. The molecule has 2 N–H and O–H groups in total. The number of nitrogens with zero attached hydrogens (tertiary/aromatic N) is 2. The van der Waals surface area contributed by atoms with Gasteiger partial charge in [-0.2, -0.15) is 0 Å². The zero-order chi connectivity index (χ0) is 19.2. The Morgan fingerprint density at radius 2 is 1.59 bits per heavy atom. The monoisotopic (exact) mass is 360 g/mol. The number of aryl methyl sites for hydroxylation is 1. The number of carbonyl (C=O) groups excluding carboxylic acids is 2. The number of benzene rings is 2. The van der Waals surface area contributed by atoms with Gasteiger partial charge in [0.1, 0.15) is 5.82 Å². The van der Waals surface area contributed by atoms with E-state index in [0.29, 0.717) is 23.6 Å². The van der Waals surface area contributed by atoms with Crippen LogP contribution in [0.15, 0.2) is 60.7 Å². The molecule has 0 aliphatic rings. The van der Waals surface area contributed by atoms with E-state index >= 15 is 0 Å². The first-order chi connectivity index (χ1) is 13.0. The maximum Gasteiger partial charge on any atom is 0.276 e. The van der Waals surface area contributed by atoms with Gasteiger partial charge in [0.25, 0.3) is 5.91 Å². The molecule has 0 unspecified atom stereocenters. The predicted molar refractivity (Wildman–Crippen MR) is 105 cm³/mol.